The fraction of sp³-hybridized carbons (Fsp3) is 0.308. The van der Waals surface area contributed by atoms with Crippen LogP contribution < -0.4 is 5.32 Å². The number of hydrogen-bond acceptors (Lipinski definition) is 1. The van der Waals surface area contributed by atoms with E-state index in [2.05, 4.69) is 11.9 Å². The van der Waals surface area contributed by atoms with Crippen LogP contribution in [-0.4, -0.2) is 12.5 Å². The summed E-state index contributed by atoms with van der Waals surface area (Å²) in [6.45, 7) is 4.08. The molecule has 1 amide bonds. The molecule has 1 aliphatic rings. The monoisotopic (exact) mass is 269 g/mol. The molecule has 1 saturated carbocycles. The van der Waals surface area contributed by atoms with E-state index in [0.717, 1.165) is 12.0 Å². The van der Waals surface area contributed by atoms with Gasteiger partial charge in [-0.1, -0.05) is 29.3 Å². The normalized spacial score (nSPS) is 22.0. The Kier molecular flexibility index (Phi) is 3.75. The van der Waals surface area contributed by atoms with Crippen LogP contribution in [0.25, 0.3) is 0 Å². The molecule has 4 heteroatoms. The second-order valence-corrected chi connectivity index (χ2v) is 5.06. The molecule has 2 nitrogen and oxygen atoms in total. The molecule has 0 bridgehead atoms. The third-order valence-electron chi connectivity index (χ3n) is 2.86. The summed E-state index contributed by atoms with van der Waals surface area (Å²) in [7, 11) is 0. The maximum absolute atomic E-state index is 11.7. The number of nitrogens with one attached hydrogen (secondary N) is 1. The van der Waals surface area contributed by atoms with Crippen molar-refractivity contribution in [2.75, 3.05) is 6.54 Å². The first-order valence-electron chi connectivity index (χ1n) is 5.46. The molecule has 0 saturated heterocycles. The zero-order valence-electron chi connectivity index (χ0n) is 9.25. The van der Waals surface area contributed by atoms with Gasteiger partial charge in [0.05, 0.1) is 0 Å². The summed E-state index contributed by atoms with van der Waals surface area (Å²) in [5, 5.41) is 4.03. The minimum Gasteiger partial charge on any atom is -0.352 e. The van der Waals surface area contributed by atoms with Crippen LogP contribution >= 0.6 is 23.2 Å². The summed E-state index contributed by atoms with van der Waals surface area (Å²) in [6, 6.07) is 5.44. The highest BCUT2D eigenvalue weighted by molar-refractivity contribution is 6.34. The standard InChI is InChI=1S/C13H13Cl2NO/c1-2-3-16-13(17)12-7-11(12)8-4-9(14)6-10(15)5-8/h2,4-6,11-12H,1,3,7H2,(H,16,17)/t11-,12-/m0/s1. The summed E-state index contributed by atoms with van der Waals surface area (Å²) in [6.07, 6.45) is 2.53. The number of rotatable bonds is 4. The maximum Gasteiger partial charge on any atom is 0.223 e. The van der Waals surface area contributed by atoms with E-state index in [-0.39, 0.29) is 17.7 Å². The molecule has 0 heterocycles. The largest absolute Gasteiger partial charge is 0.352 e. The first-order chi connectivity index (χ1) is 8.11. The third-order valence-corrected chi connectivity index (χ3v) is 3.30. The summed E-state index contributed by atoms with van der Waals surface area (Å²) in [5.41, 5.74) is 1.04. The Labute approximate surface area is 111 Å². The minimum atomic E-state index is 0.0458. The average Bonchev–Trinajstić information content (AvgIpc) is 3.04. The van der Waals surface area contributed by atoms with Gasteiger partial charge in [0.1, 0.15) is 0 Å². The van der Waals surface area contributed by atoms with Gasteiger partial charge in [0, 0.05) is 22.5 Å². The van der Waals surface area contributed by atoms with Crippen LogP contribution in [0.4, 0.5) is 0 Å². The van der Waals surface area contributed by atoms with Gasteiger partial charge in [-0.2, -0.15) is 0 Å². The van der Waals surface area contributed by atoms with Crippen LogP contribution in [-0.2, 0) is 4.79 Å². The predicted molar refractivity (Wildman–Crippen MR) is 70.5 cm³/mol. The molecule has 0 aliphatic heterocycles. The second-order valence-electron chi connectivity index (χ2n) is 4.19. The molecule has 1 aromatic rings. The first kappa shape index (κ1) is 12.5. The zero-order chi connectivity index (χ0) is 12.4. The first-order valence-corrected chi connectivity index (χ1v) is 6.22. The lowest BCUT2D eigenvalue weighted by Gasteiger charge is -2.03. The highest BCUT2D eigenvalue weighted by Crippen LogP contribution is 2.48. The fourth-order valence-corrected chi connectivity index (χ4v) is 2.49. The van der Waals surface area contributed by atoms with Crippen molar-refractivity contribution >= 4 is 29.1 Å². The van der Waals surface area contributed by atoms with E-state index in [9.17, 15) is 4.79 Å². The van der Waals surface area contributed by atoms with Gasteiger partial charge in [0.25, 0.3) is 0 Å². The second kappa shape index (κ2) is 5.11. The Morgan fingerprint density at radius 3 is 2.65 bits per heavy atom. The summed E-state index contributed by atoms with van der Waals surface area (Å²) in [5.74, 6) is 0.367. The van der Waals surface area contributed by atoms with E-state index >= 15 is 0 Å². The molecule has 2 atom stereocenters. The Balaban J connectivity index is 2.02. The van der Waals surface area contributed by atoms with E-state index in [0.29, 0.717) is 16.6 Å². The lowest BCUT2D eigenvalue weighted by atomic mass is 10.1. The number of halogens is 2. The van der Waals surface area contributed by atoms with Gasteiger partial charge in [0.15, 0.2) is 0 Å². The molecule has 0 unspecified atom stereocenters. The maximum atomic E-state index is 11.7. The van der Waals surface area contributed by atoms with E-state index in [4.69, 9.17) is 23.2 Å². The Morgan fingerprint density at radius 2 is 2.06 bits per heavy atom. The number of amides is 1. The van der Waals surface area contributed by atoms with E-state index in [1.807, 2.05) is 12.1 Å². The molecule has 1 fully saturated rings. The molecule has 0 spiro atoms. The summed E-state index contributed by atoms with van der Waals surface area (Å²) < 4.78 is 0. The van der Waals surface area contributed by atoms with Gasteiger partial charge >= 0.3 is 0 Å². The van der Waals surface area contributed by atoms with E-state index in [1.54, 1.807) is 12.1 Å². The minimum absolute atomic E-state index is 0.0458. The number of hydrogen-bond donors (Lipinski definition) is 1. The quantitative estimate of drug-likeness (QED) is 0.835. The van der Waals surface area contributed by atoms with Gasteiger partial charge in [-0.05, 0) is 36.1 Å². The molecular weight excluding hydrogens is 257 g/mol. The van der Waals surface area contributed by atoms with Gasteiger partial charge in [-0.15, -0.1) is 6.58 Å². The Bertz CT molecular complexity index is 438. The highest BCUT2D eigenvalue weighted by Gasteiger charge is 2.43. The lowest BCUT2D eigenvalue weighted by molar-refractivity contribution is -0.122. The molecule has 0 radical (unpaired) electrons. The Hall–Kier alpha value is -0.990. The van der Waals surface area contributed by atoms with Crippen molar-refractivity contribution in [1.82, 2.24) is 5.32 Å². The van der Waals surface area contributed by atoms with Crippen LogP contribution in [0.5, 0.6) is 0 Å². The molecule has 1 aromatic carbocycles. The van der Waals surface area contributed by atoms with Crippen molar-refractivity contribution in [3.8, 4) is 0 Å². The number of carbonyl (C=O) groups is 1. The predicted octanol–water partition coefficient (Wildman–Crippen LogP) is 3.40. The van der Waals surface area contributed by atoms with Crippen LogP contribution in [0.2, 0.25) is 10.0 Å². The van der Waals surface area contributed by atoms with Crippen molar-refractivity contribution in [2.24, 2.45) is 5.92 Å². The number of carbonyl (C=O) groups excluding carboxylic acids is 1. The molecule has 1 aliphatic carbocycles. The molecule has 90 valence electrons. The smallest absolute Gasteiger partial charge is 0.223 e. The highest BCUT2D eigenvalue weighted by atomic mass is 35.5. The van der Waals surface area contributed by atoms with Crippen LogP contribution in [0.1, 0.15) is 17.9 Å². The van der Waals surface area contributed by atoms with Gasteiger partial charge < -0.3 is 5.32 Å². The van der Waals surface area contributed by atoms with Crippen LogP contribution in [0.15, 0.2) is 30.9 Å². The molecule has 17 heavy (non-hydrogen) atoms. The third kappa shape index (κ3) is 3.02. The van der Waals surface area contributed by atoms with Crippen molar-refractivity contribution in [3.63, 3.8) is 0 Å². The van der Waals surface area contributed by atoms with Gasteiger partial charge in [-0.3, -0.25) is 4.79 Å². The van der Waals surface area contributed by atoms with Crippen molar-refractivity contribution < 1.29 is 4.79 Å². The average molecular weight is 270 g/mol. The molecule has 0 aromatic heterocycles. The van der Waals surface area contributed by atoms with Gasteiger partial charge in [-0.25, -0.2) is 0 Å². The molecule has 1 N–H and O–H groups in total. The zero-order valence-corrected chi connectivity index (χ0v) is 10.8. The summed E-state index contributed by atoms with van der Waals surface area (Å²) in [4.78, 5) is 11.7. The topological polar surface area (TPSA) is 29.1 Å². The Morgan fingerprint density at radius 1 is 1.41 bits per heavy atom. The molecule has 2 rings (SSSR count). The van der Waals surface area contributed by atoms with E-state index < -0.39 is 0 Å². The fourth-order valence-electron chi connectivity index (χ4n) is 1.95. The van der Waals surface area contributed by atoms with Gasteiger partial charge in [0.2, 0.25) is 5.91 Å². The lowest BCUT2D eigenvalue weighted by Crippen LogP contribution is -2.25. The van der Waals surface area contributed by atoms with Crippen LogP contribution in [0.3, 0.4) is 0 Å². The van der Waals surface area contributed by atoms with Crippen molar-refractivity contribution in [2.45, 2.75) is 12.3 Å². The summed E-state index contributed by atoms with van der Waals surface area (Å²) >= 11 is 11.9. The van der Waals surface area contributed by atoms with E-state index in [1.165, 1.54) is 0 Å². The number of benzene rings is 1. The van der Waals surface area contributed by atoms with Crippen molar-refractivity contribution in [1.29, 1.82) is 0 Å². The molecular formula is C13H13Cl2NO. The SMILES string of the molecule is C=CCNC(=O)[C@H]1C[C@H]1c1cc(Cl)cc(Cl)c1. The van der Waals surface area contributed by atoms with Crippen molar-refractivity contribution in [3.05, 3.63) is 46.5 Å². The van der Waals surface area contributed by atoms with Crippen LogP contribution in [0, 0.1) is 5.92 Å².